The molecule has 7 heteroatoms. The molecular formula is C23H28N6O. The lowest BCUT2D eigenvalue weighted by Crippen LogP contribution is -2.37. The Morgan fingerprint density at radius 1 is 1.10 bits per heavy atom. The number of hydrogen-bond acceptors (Lipinski definition) is 5. The molecule has 0 radical (unpaired) electrons. The Labute approximate surface area is 176 Å². The summed E-state index contributed by atoms with van der Waals surface area (Å²) in [5, 5.41) is 1.05. The minimum atomic E-state index is 0.203. The molecule has 1 N–H and O–H groups in total. The van der Waals surface area contributed by atoms with E-state index in [-0.39, 0.29) is 11.3 Å². The first-order chi connectivity index (χ1) is 14.5. The molecule has 1 saturated heterocycles. The maximum absolute atomic E-state index is 13.1. The number of hydrogen-bond donors (Lipinski definition) is 1. The van der Waals surface area contributed by atoms with E-state index in [9.17, 15) is 4.79 Å². The number of fused-ring (bicyclic) bond motifs is 1. The van der Waals surface area contributed by atoms with Gasteiger partial charge < -0.3 is 19.7 Å². The van der Waals surface area contributed by atoms with E-state index < -0.39 is 0 Å². The third-order valence-corrected chi connectivity index (χ3v) is 6.44. The first-order valence-electron chi connectivity index (χ1n) is 10.6. The lowest BCUT2D eigenvalue weighted by molar-refractivity contribution is -0.130. The molecule has 2 aromatic heterocycles. The zero-order valence-electron chi connectivity index (χ0n) is 17.6. The third kappa shape index (κ3) is 3.60. The predicted octanol–water partition coefficient (Wildman–Crippen LogP) is 2.70. The highest BCUT2D eigenvalue weighted by Gasteiger charge is 2.47. The number of benzene rings is 1. The molecule has 1 spiro atoms. The maximum Gasteiger partial charge on any atom is 0.227 e. The molecule has 0 unspecified atom stereocenters. The van der Waals surface area contributed by atoms with Crippen LogP contribution in [0.1, 0.15) is 18.4 Å². The molecule has 2 aliphatic rings. The SMILES string of the molecule is CN(C)c1ccc(CC(=O)N2CCN(c3ncnc4[nH]ccc34)CC3(CC3)C2)cc1. The summed E-state index contributed by atoms with van der Waals surface area (Å²) in [6.07, 6.45) is 6.33. The van der Waals surface area contributed by atoms with Crippen LogP contribution in [-0.4, -0.2) is 66.0 Å². The Balaban J connectivity index is 1.32. The summed E-state index contributed by atoms with van der Waals surface area (Å²) < 4.78 is 0. The minimum absolute atomic E-state index is 0.203. The van der Waals surface area contributed by atoms with Crippen LogP contribution in [0.15, 0.2) is 42.9 Å². The molecule has 156 valence electrons. The molecule has 1 aromatic carbocycles. The van der Waals surface area contributed by atoms with Crippen LogP contribution in [0.25, 0.3) is 11.0 Å². The van der Waals surface area contributed by atoms with Gasteiger partial charge in [-0.25, -0.2) is 9.97 Å². The minimum Gasteiger partial charge on any atom is -0.378 e. The van der Waals surface area contributed by atoms with Gasteiger partial charge in [-0.15, -0.1) is 0 Å². The maximum atomic E-state index is 13.1. The van der Waals surface area contributed by atoms with Crippen molar-refractivity contribution >= 4 is 28.4 Å². The number of rotatable bonds is 4. The fourth-order valence-corrected chi connectivity index (χ4v) is 4.46. The number of amides is 1. The van der Waals surface area contributed by atoms with Gasteiger partial charge in [-0.2, -0.15) is 0 Å². The van der Waals surface area contributed by atoms with Gasteiger partial charge in [-0.1, -0.05) is 12.1 Å². The van der Waals surface area contributed by atoms with Crippen LogP contribution in [0, 0.1) is 5.41 Å². The quantitative estimate of drug-likeness (QED) is 0.724. The van der Waals surface area contributed by atoms with Gasteiger partial charge in [0.15, 0.2) is 0 Å². The largest absolute Gasteiger partial charge is 0.378 e. The van der Waals surface area contributed by atoms with Crippen LogP contribution >= 0.6 is 0 Å². The van der Waals surface area contributed by atoms with Crippen LogP contribution in [0.4, 0.5) is 11.5 Å². The molecule has 0 atom stereocenters. The fraction of sp³-hybridized carbons (Fsp3) is 0.435. The van der Waals surface area contributed by atoms with Gasteiger partial charge in [-0.05, 0) is 36.6 Å². The van der Waals surface area contributed by atoms with Gasteiger partial charge in [0.25, 0.3) is 0 Å². The van der Waals surface area contributed by atoms with Gasteiger partial charge in [0.1, 0.15) is 17.8 Å². The monoisotopic (exact) mass is 404 g/mol. The Hall–Kier alpha value is -3.09. The number of carbonyl (C=O) groups excluding carboxylic acids is 1. The van der Waals surface area contributed by atoms with Crippen molar-refractivity contribution in [2.75, 3.05) is 50.1 Å². The lowest BCUT2D eigenvalue weighted by Gasteiger charge is -2.25. The van der Waals surface area contributed by atoms with E-state index in [2.05, 4.69) is 53.9 Å². The van der Waals surface area contributed by atoms with E-state index in [0.29, 0.717) is 6.42 Å². The second-order valence-corrected chi connectivity index (χ2v) is 8.91. The Morgan fingerprint density at radius 3 is 2.63 bits per heavy atom. The topological polar surface area (TPSA) is 68.4 Å². The van der Waals surface area contributed by atoms with Crippen molar-refractivity contribution < 1.29 is 4.79 Å². The number of H-pyrrole nitrogens is 1. The summed E-state index contributed by atoms with van der Waals surface area (Å²) in [6, 6.07) is 10.3. The molecule has 7 nitrogen and oxygen atoms in total. The highest BCUT2D eigenvalue weighted by atomic mass is 16.2. The number of aromatic nitrogens is 3. The molecule has 1 aliphatic carbocycles. The Morgan fingerprint density at radius 2 is 1.90 bits per heavy atom. The molecular weight excluding hydrogens is 376 g/mol. The highest BCUT2D eigenvalue weighted by molar-refractivity contribution is 5.87. The van der Waals surface area contributed by atoms with Crippen molar-refractivity contribution in [2.24, 2.45) is 5.41 Å². The summed E-state index contributed by atoms with van der Waals surface area (Å²) in [5.74, 6) is 1.19. The van der Waals surface area contributed by atoms with E-state index in [1.807, 2.05) is 26.4 Å². The zero-order valence-corrected chi connectivity index (χ0v) is 17.6. The molecule has 1 aliphatic heterocycles. The summed E-state index contributed by atoms with van der Waals surface area (Å²) in [5.41, 5.74) is 3.29. The molecule has 2 fully saturated rings. The van der Waals surface area contributed by atoms with Crippen LogP contribution < -0.4 is 9.80 Å². The number of anilines is 2. The Bertz CT molecular complexity index is 1050. The average molecular weight is 405 g/mol. The van der Waals surface area contributed by atoms with Gasteiger partial charge in [0, 0.05) is 57.6 Å². The van der Waals surface area contributed by atoms with Gasteiger partial charge in [0.05, 0.1) is 11.8 Å². The molecule has 30 heavy (non-hydrogen) atoms. The molecule has 3 heterocycles. The number of nitrogens with one attached hydrogen (secondary N) is 1. The van der Waals surface area contributed by atoms with Gasteiger partial charge >= 0.3 is 0 Å². The molecule has 3 aromatic rings. The van der Waals surface area contributed by atoms with E-state index in [1.54, 1.807) is 6.33 Å². The smallest absolute Gasteiger partial charge is 0.227 e. The van der Waals surface area contributed by atoms with E-state index in [4.69, 9.17) is 0 Å². The standard InChI is InChI=1S/C23H28N6O/c1-27(2)18-5-3-17(4-6-18)13-20(30)28-11-12-29(15-23(14-28)8-9-23)22-19-7-10-24-21(19)25-16-26-22/h3-7,10,16H,8-9,11-15H2,1-2H3,(H,24,25,26). The zero-order chi connectivity index (χ0) is 20.7. The summed E-state index contributed by atoms with van der Waals surface area (Å²) >= 11 is 0. The van der Waals surface area contributed by atoms with Crippen molar-refractivity contribution in [1.29, 1.82) is 0 Å². The molecule has 0 bridgehead atoms. The van der Waals surface area contributed by atoms with Crippen molar-refractivity contribution in [1.82, 2.24) is 19.9 Å². The lowest BCUT2D eigenvalue weighted by atomic mass is 10.1. The average Bonchev–Trinajstić information content (AvgIpc) is 3.38. The third-order valence-electron chi connectivity index (χ3n) is 6.44. The predicted molar refractivity (Wildman–Crippen MR) is 119 cm³/mol. The number of carbonyl (C=O) groups is 1. The summed E-state index contributed by atoms with van der Waals surface area (Å²) in [6.45, 7) is 3.32. The molecule has 5 rings (SSSR count). The second kappa shape index (κ2) is 7.31. The Kier molecular flexibility index (Phi) is 4.60. The van der Waals surface area contributed by atoms with Crippen molar-refractivity contribution in [2.45, 2.75) is 19.3 Å². The molecule has 1 amide bonds. The molecule has 1 saturated carbocycles. The van der Waals surface area contributed by atoms with Crippen molar-refractivity contribution in [3.8, 4) is 0 Å². The number of nitrogens with zero attached hydrogens (tertiary/aromatic N) is 5. The van der Waals surface area contributed by atoms with Crippen molar-refractivity contribution in [3.63, 3.8) is 0 Å². The van der Waals surface area contributed by atoms with Crippen LogP contribution in [0.5, 0.6) is 0 Å². The fourth-order valence-electron chi connectivity index (χ4n) is 4.46. The van der Waals surface area contributed by atoms with Crippen LogP contribution in [0.3, 0.4) is 0 Å². The number of aromatic amines is 1. The van der Waals surface area contributed by atoms with Crippen LogP contribution in [0.2, 0.25) is 0 Å². The van der Waals surface area contributed by atoms with Crippen LogP contribution in [-0.2, 0) is 11.2 Å². The summed E-state index contributed by atoms with van der Waals surface area (Å²) in [7, 11) is 4.05. The normalized spacial score (nSPS) is 17.9. The highest BCUT2D eigenvalue weighted by Crippen LogP contribution is 2.48. The summed E-state index contributed by atoms with van der Waals surface area (Å²) in [4.78, 5) is 31.7. The van der Waals surface area contributed by atoms with E-state index >= 15 is 0 Å². The first-order valence-corrected chi connectivity index (χ1v) is 10.6. The second-order valence-electron chi connectivity index (χ2n) is 8.91. The van der Waals surface area contributed by atoms with Gasteiger partial charge in [0.2, 0.25) is 5.91 Å². The van der Waals surface area contributed by atoms with Crippen molar-refractivity contribution in [3.05, 3.63) is 48.4 Å². The van der Waals surface area contributed by atoms with E-state index in [1.165, 1.54) is 12.8 Å². The van der Waals surface area contributed by atoms with E-state index in [0.717, 1.165) is 54.3 Å². The van der Waals surface area contributed by atoms with Gasteiger partial charge in [-0.3, -0.25) is 4.79 Å². The first kappa shape index (κ1) is 18.9.